The molecule has 0 saturated heterocycles. The van der Waals surface area contributed by atoms with Crippen LogP contribution in [-0.2, 0) is 9.59 Å². The molecule has 0 aromatic heterocycles. The molecular formula is C15H20F2N2O2. The van der Waals surface area contributed by atoms with E-state index in [1.807, 2.05) is 13.8 Å². The second-order valence-corrected chi connectivity index (χ2v) is 5.81. The molecule has 21 heavy (non-hydrogen) atoms. The van der Waals surface area contributed by atoms with Crippen LogP contribution in [0.2, 0.25) is 0 Å². The first-order chi connectivity index (χ1) is 9.64. The van der Waals surface area contributed by atoms with Crippen molar-refractivity contribution in [1.82, 2.24) is 5.32 Å². The fourth-order valence-corrected chi connectivity index (χ4v) is 1.48. The molecule has 1 aromatic carbocycles. The van der Waals surface area contributed by atoms with Crippen molar-refractivity contribution in [2.45, 2.75) is 27.7 Å². The molecule has 0 aliphatic heterocycles. The highest BCUT2D eigenvalue weighted by Crippen LogP contribution is 2.20. The van der Waals surface area contributed by atoms with Crippen molar-refractivity contribution in [2.75, 3.05) is 11.9 Å². The van der Waals surface area contributed by atoms with Crippen LogP contribution in [0.3, 0.4) is 0 Å². The summed E-state index contributed by atoms with van der Waals surface area (Å²) in [5, 5.41) is 5.09. The summed E-state index contributed by atoms with van der Waals surface area (Å²) >= 11 is 0. The van der Waals surface area contributed by atoms with E-state index in [1.54, 1.807) is 0 Å². The minimum absolute atomic E-state index is 0.101. The van der Waals surface area contributed by atoms with E-state index >= 15 is 0 Å². The molecule has 2 amide bonds. The van der Waals surface area contributed by atoms with Gasteiger partial charge in [0.25, 0.3) is 0 Å². The standard InChI is InChI=1S/C15H20F2N2O2/c1-9(2)8-18-13(20)15(3,4)14(21)19-10-5-6-11(16)12(17)7-10/h5-7,9H,8H2,1-4H3,(H,18,20)(H,19,21). The number of rotatable bonds is 5. The van der Waals surface area contributed by atoms with Gasteiger partial charge in [0.15, 0.2) is 11.6 Å². The fourth-order valence-electron chi connectivity index (χ4n) is 1.48. The van der Waals surface area contributed by atoms with Gasteiger partial charge in [-0.25, -0.2) is 8.78 Å². The van der Waals surface area contributed by atoms with Gasteiger partial charge in [-0.1, -0.05) is 13.8 Å². The summed E-state index contributed by atoms with van der Waals surface area (Å²) in [6, 6.07) is 3.02. The molecule has 1 aromatic rings. The Bertz CT molecular complexity index is 542. The number of amides is 2. The van der Waals surface area contributed by atoms with Gasteiger partial charge >= 0.3 is 0 Å². The van der Waals surface area contributed by atoms with Crippen LogP contribution >= 0.6 is 0 Å². The lowest BCUT2D eigenvalue weighted by molar-refractivity contribution is -0.138. The number of anilines is 1. The summed E-state index contributed by atoms with van der Waals surface area (Å²) in [6.07, 6.45) is 0. The van der Waals surface area contributed by atoms with E-state index in [2.05, 4.69) is 10.6 Å². The average Bonchev–Trinajstić information content (AvgIpc) is 2.39. The van der Waals surface area contributed by atoms with Crippen LogP contribution in [0.4, 0.5) is 14.5 Å². The molecule has 0 aliphatic carbocycles. The summed E-state index contributed by atoms with van der Waals surface area (Å²) in [5.74, 6) is -2.80. The van der Waals surface area contributed by atoms with Gasteiger partial charge in [0.2, 0.25) is 11.8 Å². The Kier molecular flexibility index (Phi) is 5.41. The lowest BCUT2D eigenvalue weighted by atomic mass is 9.90. The highest BCUT2D eigenvalue weighted by Gasteiger charge is 2.36. The maximum Gasteiger partial charge on any atom is 0.239 e. The number of carbonyl (C=O) groups is 2. The van der Waals surface area contributed by atoms with Gasteiger partial charge in [-0.05, 0) is 31.9 Å². The second-order valence-electron chi connectivity index (χ2n) is 5.81. The van der Waals surface area contributed by atoms with E-state index in [4.69, 9.17) is 0 Å². The smallest absolute Gasteiger partial charge is 0.239 e. The molecule has 2 N–H and O–H groups in total. The number of hydrogen-bond acceptors (Lipinski definition) is 2. The molecule has 1 rings (SSSR count). The molecule has 116 valence electrons. The lowest BCUT2D eigenvalue weighted by Gasteiger charge is -2.23. The SMILES string of the molecule is CC(C)CNC(=O)C(C)(C)C(=O)Nc1ccc(F)c(F)c1. The van der Waals surface area contributed by atoms with Crippen molar-refractivity contribution < 1.29 is 18.4 Å². The summed E-state index contributed by atoms with van der Waals surface area (Å²) in [7, 11) is 0. The van der Waals surface area contributed by atoms with Gasteiger partial charge in [0.05, 0.1) is 0 Å². The van der Waals surface area contributed by atoms with E-state index in [-0.39, 0.29) is 11.6 Å². The molecule has 6 heteroatoms. The van der Waals surface area contributed by atoms with Crippen molar-refractivity contribution in [3.63, 3.8) is 0 Å². The summed E-state index contributed by atoms with van der Waals surface area (Å²) < 4.78 is 25.9. The zero-order chi connectivity index (χ0) is 16.2. The highest BCUT2D eigenvalue weighted by atomic mass is 19.2. The second kappa shape index (κ2) is 6.65. The Morgan fingerprint density at radius 3 is 2.29 bits per heavy atom. The van der Waals surface area contributed by atoms with Crippen LogP contribution in [-0.4, -0.2) is 18.4 Å². The Hall–Kier alpha value is -1.98. The molecule has 0 fully saturated rings. The molecule has 0 spiro atoms. The number of benzene rings is 1. The van der Waals surface area contributed by atoms with E-state index < -0.39 is 28.9 Å². The van der Waals surface area contributed by atoms with Gasteiger partial charge in [0.1, 0.15) is 5.41 Å². The normalized spacial score (nSPS) is 11.4. The molecule has 0 atom stereocenters. The number of halogens is 2. The van der Waals surface area contributed by atoms with Crippen molar-refractivity contribution >= 4 is 17.5 Å². The van der Waals surface area contributed by atoms with Gasteiger partial charge in [-0.3, -0.25) is 9.59 Å². The van der Waals surface area contributed by atoms with Gasteiger partial charge in [-0.15, -0.1) is 0 Å². The molecule has 4 nitrogen and oxygen atoms in total. The van der Waals surface area contributed by atoms with Crippen molar-refractivity contribution in [1.29, 1.82) is 0 Å². The summed E-state index contributed by atoms with van der Waals surface area (Å²) in [6.45, 7) is 7.28. The third-order valence-electron chi connectivity index (χ3n) is 2.98. The third kappa shape index (κ3) is 4.51. The first-order valence-corrected chi connectivity index (χ1v) is 6.69. The molecule has 0 bridgehead atoms. The lowest BCUT2D eigenvalue weighted by Crippen LogP contribution is -2.46. The molecular weight excluding hydrogens is 278 g/mol. The van der Waals surface area contributed by atoms with Gasteiger partial charge in [-0.2, -0.15) is 0 Å². The molecule has 0 unspecified atom stereocenters. The minimum atomic E-state index is -1.32. The van der Waals surface area contributed by atoms with E-state index in [0.29, 0.717) is 6.54 Å². The molecule has 0 radical (unpaired) electrons. The van der Waals surface area contributed by atoms with Crippen LogP contribution in [0, 0.1) is 23.0 Å². The highest BCUT2D eigenvalue weighted by molar-refractivity contribution is 6.09. The van der Waals surface area contributed by atoms with Crippen LogP contribution in [0.1, 0.15) is 27.7 Å². The third-order valence-corrected chi connectivity index (χ3v) is 2.98. The van der Waals surface area contributed by atoms with Gasteiger partial charge in [0, 0.05) is 18.3 Å². The Labute approximate surface area is 122 Å². The molecule has 0 saturated carbocycles. The first-order valence-electron chi connectivity index (χ1n) is 6.69. The number of nitrogens with one attached hydrogen (secondary N) is 2. The van der Waals surface area contributed by atoms with Crippen molar-refractivity contribution in [3.05, 3.63) is 29.8 Å². The Morgan fingerprint density at radius 2 is 1.76 bits per heavy atom. The first kappa shape index (κ1) is 17.1. The quantitative estimate of drug-likeness (QED) is 0.821. The Morgan fingerprint density at radius 1 is 1.14 bits per heavy atom. The van der Waals surface area contributed by atoms with Crippen LogP contribution in [0.5, 0.6) is 0 Å². The van der Waals surface area contributed by atoms with E-state index in [1.165, 1.54) is 19.9 Å². The predicted molar refractivity (Wildman–Crippen MR) is 76.6 cm³/mol. The number of hydrogen-bond donors (Lipinski definition) is 2. The van der Waals surface area contributed by atoms with Crippen LogP contribution in [0.25, 0.3) is 0 Å². The van der Waals surface area contributed by atoms with Crippen LogP contribution < -0.4 is 10.6 Å². The largest absolute Gasteiger partial charge is 0.355 e. The zero-order valence-corrected chi connectivity index (χ0v) is 12.6. The fraction of sp³-hybridized carbons (Fsp3) is 0.467. The zero-order valence-electron chi connectivity index (χ0n) is 12.6. The topological polar surface area (TPSA) is 58.2 Å². The number of carbonyl (C=O) groups excluding carboxylic acids is 2. The monoisotopic (exact) mass is 298 g/mol. The van der Waals surface area contributed by atoms with Crippen molar-refractivity contribution in [3.8, 4) is 0 Å². The van der Waals surface area contributed by atoms with E-state index in [0.717, 1.165) is 12.1 Å². The Balaban J connectivity index is 2.76. The molecule has 0 heterocycles. The van der Waals surface area contributed by atoms with Gasteiger partial charge < -0.3 is 10.6 Å². The minimum Gasteiger partial charge on any atom is -0.355 e. The summed E-state index contributed by atoms with van der Waals surface area (Å²) in [4.78, 5) is 24.1. The summed E-state index contributed by atoms with van der Waals surface area (Å²) in [5.41, 5.74) is -1.22. The van der Waals surface area contributed by atoms with E-state index in [9.17, 15) is 18.4 Å². The molecule has 0 aliphatic rings. The average molecular weight is 298 g/mol. The maximum atomic E-state index is 13.1. The van der Waals surface area contributed by atoms with Crippen molar-refractivity contribution in [2.24, 2.45) is 11.3 Å². The predicted octanol–water partition coefficient (Wildman–Crippen LogP) is 2.70. The van der Waals surface area contributed by atoms with Crippen LogP contribution in [0.15, 0.2) is 18.2 Å². The maximum absolute atomic E-state index is 13.1.